The molecular weight excluding hydrogens is 170 g/mol. The van der Waals surface area contributed by atoms with Gasteiger partial charge in [0.25, 0.3) is 0 Å². The van der Waals surface area contributed by atoms with Crippen molar-refractivity contribution in [3.05, 3.63) is 66.0 Å². The summed E-state index contributed by atoms with van der Waals surface area (Å²) in [5.41, 5.74) is 2.47. The predicted molar refractivity (Wildman–Crippen MR) is 56.9 cm³/mol. The zero-order valence-electron chi connectivity index (χ0n) is 7.98. The summed E-state index contributed by atoms with van der Waals surface area (Å²) in [6.07, 6.45) is 3.83. The van der Waals surface area contributed by atoms with Gasteiger partial charge in [-0.3, -0.25) is 4.98 Å². The van der Waals surface area contributed by atoms with Crippen LogP contribution in [0, 0.1) is 6.07 Å². The van der Waals surface area contributed by atoms with E-state index in [2.05, 4.69) is 35.3 Å². The Labute approximate surface area is 84.4 Å². The van der Waals surface area contributed by atoms with Crippen LogP contribution in [0.5, 0.6) is 0 Å². The molecule has 2 aromatic rings. The van der Waals surface area contributed by atoms with Crippen molar-refractivity contribution >= 4 is 0 Å². The molecule has 0 amide bonds. The minimum absolute atomic E-state index is 0.987. The maximum atomic E-state index is 4.26. The molecule has 1 heterocycles. The summed E-state index contributed by atoms with van der Waals surface area (Å²) in [5.74, 6) is 0. The Morgan fingerprint density at radius 1 is 1.07 bits per heavy atom. The third-order valence-corrected chi connectivity index (χ3v) is 2.17. The second kappa shape index (κ2) is 4.56. The maximum Gasteiger partial charge on any atom is 0.0413 e. The number of nitrogens with zero attached hydrogens (tertiary/aromatic N) is 1. The van der Waals surface area contributed by atoms with Gasteiger partial charge < -0.3 is 0 Å². The fraction of sp³-hybridized carbons (Fsp3) is 0.154. The van der Waals surface area contributed by atoms with Gasteiger partial charge in [0.1, 0.15) is 0 Å². The van der Waals surface area contributed by atoms with E-state index in [1.54, 1.807) is 6.20 Å². The lowest BCUT2D eigenvalue weighted by Gasteiger charge is -2.00. The monoisotopic (exact) mass is 182 g/mol. The zero-order valence-corrected chi connectivity index (χ0v) is 7.98. The Kier molecular flexibility index (Phi) is 2.92. The van der Waals surface area contributed by atoms with E-state index in [9.17, 15) is 0 Å². The Hall–Kier alpha value is -1.63. The van der Waals surface area contributed by atoms with E-state index in [0.29, 0.717) is 0 Å². The van der Waals surface area contributed by atoms with Crippen molar-refractivity contribution < 1.29 is 0 Å². The van der Waals surface area contributed by atoms with Crippen LogP contribution >= 0.6 is 0 Å². The zero-order chi connectivity index (χ0) is 9.64. The predicted octanol–water partition coefficient (Wildman–Crippen LogP) is 2.67. The summed E-state index contributed by atoms with van der Waals surface area (Å²) in [4.78, 5) is 4.26. The van der Waals surface area contributed by atoms with Crippen LogP contribution in [0.4, 0.5) is 0 Å². The minimum atomic E-state index is 0.987. The van der Waals surface area contributed by atoms with Crippen LogP contribution in [0.25, 0.3) is 0 Å². The van der Waals surface area contributed by atoms with Gasteiger partial charge in [0.05, 0.1) is 0 Å². The van der Waals surface area contributed by atoms with E-state index in [0.717, 1.165) is 18.5 Å². The first kappa shape index (κ1) is 8.95. The molecule has 1 nitrogen and oxygen atoms in total. The molecule has 2 rings (SSSR count). The molecule has 1 aromatic heterocycles. The highest BCUT2D eigenvalue weighted by Crippen LogP contribution is 2.04. The summed E-state index contributed by atoms with van der Waals surface area (Å²) < 4.78 is 0. The van der Waals surface area contributed by atoms with Gasteiger partial charge in [-0.05, 0) is 36.6 Å². The summed E-state index contributed by atoms with van der Waals surface area (Å²) in [6.45, 7) is 0. The van der Waals surface area contributed by atoms with Crippen molar-refractivity contribution in [3.63, 3.8) is 0 Å². The fourth-order valence-corrected chi connectivity index (χ4v) is 1.41. The molecule has 0 unspecified atom stereocenters. The van der Waals surface area contributed by atoms with Gasteiger partial charge in [-0.15, -0.1) is 0 Å². The number of hydrogen-bond acceptors (Lipinski definition) is 1. The van der Waals surface area contributed by atoms with E-state index in [4.69, 9.17) is 0 Å². The molecule has 0 aliphatic heterocycles. The second-order valence-electron chi connectivity index (χ2n) is 3.23. The van der Waals surface area contributed by atoms with Crippen molar-refractivity contribution in [2.24, 2.45) is 0 Å². The molecule has 69 valence electrons. The first-order valence-corrected chi connectivity index (χ1v) is 4.80. The van der Waals surface area contributed by atoms with Crippen LogP contribution in [-0.2, 0) is 12.8 Å². The molecule has 0 fully saturated rings. The van der Waals surface area contributed by atoms with Crippen molar-refractivity contribution in [2.75, 3.05) is 0 Å². The van der Waals surface area contributed by atoms with Gasteiger partial charge in [-0.2, -0.15) is 0 Å². The van der Waals surface area contributed by atoms with Gasteiger partial charge in [-0.25, -0.2) is 0 Å². The Balaban J connectivity index is 1.96. The smallest absolute Gasteiger partial charge is 0.0413 e. The van der Waals surface area contributed by atoms with E-state index in [1.807, 2.05) is 18.2 Å². The molecule has 1 radical (unpaired) electrons. The SMILES string of the molecule is [c]1ccnc(CCc2ccccc2)c1. The molecule has 0 N–H and O–H groups in total. The summed E-state index contributed by atoms with van der Waals surface area (Å²) in [5, 5.41) is 0. The number of pyridine rings is 1. The number of rotatable bonds is 3. The van der Waals surface area contributed by atoms with Crippen molar-refractivity contribution in [1.82, 2.24) is 4.98 Å². The molecule has 1 aromatic carbocycles. The van der Waals surface area contributed by atoms with Crippen LogP contribution < -0.4 is 0 Å². The first-order valence-electron chi connectivity index (χ1n) is 4.80. The molecule has 0 spiro atoms. The minimum Gasteiger partial charge on any atom is -0.261 e. The lowest BCUT2D eigenvalue weighted by Crippen LogP contribution is -1.93. The van der Waals surface area contributed by atoms with Crippen LogP contribution in [0.15, 0.2) is 48.7 Å². The van der Waals surface area contributed by atoms with Crippen LogP contribution in [0.2, 0.25) is 0 Å². The average Bonchev–Trinajstić information content (AvgIpc) is 2.29. The van der Waals surface area contributed by atoms with Crippen molar-refractivity contribution in [1.29, 1.82) is 0 Å². The van der Waals surface area contributed by atoms with Crippen molar-refractivity contribution in [2.45, 2.75) is 12.8 Å². The Morgan fingerprint density at radius 3 is 2.64 bits per heavy atom. The molecule has 0 atom stereocenters. The average molecular weight is 182 g/mol. The third-order valence-electron chi connectivity index (χ3n) is 2.17. The number of aryl methyl sites for hydroxylation is 2. The summed E-state index contributed by atoms with van der Waals surface area (Å²) in [6, 6.07) is 17.3. The largest absolute Gasteiger partial charge is 0.261 e. The van der Waals surface area contributed by atoms with Crippen LogP contribution in [0.3, 0.4) is 0 Å². The number of aromatic nitrogens is 1. The highest BCUT2D eigenvalue weighted by atomic mass is 14.7. The second-order valence-corrected chi connectivity index (χ2v) is 3.23. The van der Waals surface area contributed by atoms with Gasteiger partial charge in [0, 0.05) is 11.9 Å². The van der Waals surface area contributed by atoms with Gasteiger partial charge >= 0.3 is 0 Å². The van der Waals surface area contributed by atoms with Crippen molar-refractivity contribution in [3.8, 4) is 0 Å². The molecule has 14 heavy (non-hydrogen) atoms. The third kappa shape index (κ3) is 2.43. The standard InChI is InChI=1S/C13H12N/c1-2-6-12(7-3-1)9-10-13-8-4-5-11-14-13/h1-3,5-8,11H,9-10H2. The summed E-state index contributed by atoms with van der Waals surface area (Å²) in [7, 11) is 0. The van der Waals surface area contributed by atoms with Gasteiger partial charge in [-0.1, -0.05) is 30.3 Å². The molecule has 0 saturated carbocycles. The topological polar surface area (TPSA) is 12.9 Å². The van der Waals surface area contributed by atoms with E-state index in [-0.39, 0.29) is 0 Å². The molecular formula is C13H12N. The van der Waals surface area contributed by atoms with E-state index < -0.39 is 0 Å². The number of benzene rings is 1. The molecule has 0 aliphatic rings. The molecule has 0 bridgehead atoms. The number of hydrogen-bond donors (Lipinski definition) is 0. The fourth-order valence-electron chi connectivity index (χ4n) is 1.41. The maximum absolute atomic E-state index is 4.26. The summed E-state index contributed by atoms with van der Waals surface area (Å²) >= 11 is 0. The Bertz CT molecular complexity index is 327. The Morgan fingerprint density at radius 2 is 1.93 bits per heavy atom. The molecule has 0 aliphatic carbocycles. The first-order chi connectivity index (χ1) is 6.95. The van der Waals surface area contributed by atoms with Gasteiger partial charge in [0.2, 0.25) is 0 Å². The van der Waals surface area contributed by atoms with Gasteiger partial charge in [0.15, 0.2) is 0 Å². The highest BCUT2D eigenvalue weighted by Gasteiger charge is 1.94. The highest BCUT2D eigenvalue weighted by molar-refractivity contribution is 5.16. The molecule has 0 saturated heterocycles. The normalized spacial score (nSPS) is 10.0. The lowest BCUT2D eigenvalue weighted by atomic mass is 10.1. The molecule has 1 heteroatoms. The quantitative estimate of drug-likeness (QED) is 0.711. The van der Waals surface area contributed by atoms with E-state index in [1.165, 1.54) is 5.56 Å². The van der Waals surface area contributed by atoms with Crippen LogP contribution in [-0.4, -0.2) is 4.98 Å². The van der Waals surface area contributed by atoms with E-state index >= 15 is 0 Å². The van der Waals surface area contributed by atoms with Crippen LogP contribution in [0.1, 0.15) is 11.3 Å². The lowest BCUT2D eigenvalue weighted by molar-refractivity contribution is 0.913.